The predicted octanol–water partition coefficient (Wildman–Crippen LogP) is 1.74. The summed E-state index contributed by atoms with van der Waals surface area (Å²) in [4.78, 5) is 37.9. The van der Waals surface area contributed by atoms with E-state index in [1.165, 1.54) is 18.2 Å². The van der Waals surface area contributed by atoms with Gasteiger partial charge in [-0.1, -0.05) is 30.3 Å². The third-order valence-electron chi connectivity index (χ3n) is 5.12. The quantitative estimate of drug-likeness (QED) is 0.502. The zero-order valence-electron chi connectivity index (χ0n) is 15.5. The van der Waals surface area contributed by atoms with Crippen LogP contribution >= 0.6 is 0 Å². The van der Waals surface area contributed by atoms with Crippen LogP contribution in [0.25, 0.3) is 0 Å². The largest absolute Gasteiger partial charge is 0.317 e. The van der Waals surface area contributed by atoms with Gasteiger partial charge in [-0.3, -0.25) is 18.6 Å². The topological polar surface area (TPSA) is 107 Å². The fraction of sp³-hybridized carbons (Fsp3) is 0.286. The lowest BCUT2D eigenvalue weighted by molar-refractivity contribution is 0.0977. The fourth-order valence-electron chi connectivity index (χ4n) is 3.65. The van der Waals surface area contributed by atoms with E-state index in [4.69, 9.17) is 4.18 Å². The lowest BCUT2D eigenvalue weighted by Gasteiger charge is -2.22. The molecular formula is C21H19NO6S. The zero-order valence-corrected chi connectivity index (χ0v) is 16.3. The normalized spacial score (nSPS) is 17.0. The fourth-order valence-corrected chi connectivity index (χ4v) is 4.81. The van der Waals surface area contributed by atoms with Crippen molar-refractivity contribution < 1.29 is 27.0 Å². The van der Waals surface area contributed by atoms with Crippen molar-refractivity contribution in [1.29, 1.82) is 0 Å². The first kappa shape index (κ1) is 19.6. The number of ketones is 3. The number of nitrogens with one attached hydrogen (secondary N) is 1. The molecule has 0 atom stereocenters. The van der Waals surface area contributed by atoms with Crippen LogP contribution in [0.5, 0.6) is 0 Å². The molecular weight excluding hydrogens is 394 g/mol. The minimum absolute atomic E-state index is 0.0572. The van der Waals surface area contributed by atoms with Gasteiger partial charge in [-0.2, -0.15) is 8.42 Å². The molecule has 0 bridgehead atoms. The van der Waals surface area contributed by atoms with E-state index in [1.807, 2.05) is 0 Å². The van der Waals surface area contributed by atoms with E-state index in [-0.39, 0.29) is 33.8 Å². The smallest absolute Gasteiger partial charge is 0.275 e. The molecule has 8 heteroatoms. The van der Waals surface area contributed by atoms with Crippen LogP contribution in [0.3, 0.4) is 0 Å². The van der Waals surface area contributed by atoms with Gasteiger partial charge in [0.2, 0.25) is 0 Å². The molecule has 0 unspecified atom stereocenters. The van der Waals surface area contributed by atoms with Crippen molar-refractivity contribution in [2.24, 2.45) is 0 Å². The molecule has 0 amide bonds. The molecule has 0 radical (unpaired) electrons. The highest BCUT2D eigenvalue weighted by Crippen LogP contribution is 2.28. The maximum absolute atomic E-state index is 12.8. The standard InChI is InChI=1S/C21H19NO6S/c23-19(12-29(26,27)28-14-7-9-22-10-8-14)13-5-6-17-18(11-13)21(25)16-4-2-1-3-15(16)20(17)24/h1-6,11,14,22H,7-10,12H2. The molecule has 0 spiro atoms. The Morgan fingerprint density at radius 1 is 0.931 bits per heavy atom. The van der Waals surface area contributed by atoms with E-state index in [0.717, 1.165) is 0 Å². The second-order valence-corrected chi connectivity index (χ2v) is 8.73. The van der Waals surface area contributed by atoms with Gasteiger partial charge in [0, 0.05) is 27.8 Å². The molecule has 1 heterocycles. The Bertz CT molecular complexity index is 1120. The number of Topliss-reactive ketones (excluding diaryl/α,β-unsaturated/α-hetero) is 1. The van der Waals surface area contributed by atoms with Crippen molar-refractivity contribution >= 4 is 27.5 Å². The summed E-state index contributed by atoms with van der Waals surface area (Å²) >= 11 is 0. The Kier molecular flexibility index (Phi) is 5.16. The van der Waals surface area contributed by atoms with Crippen molar-refractivity contribution in [1.82, 2.24) is 5.32 Å². The molecule has 0 aromatic heterocycles. The third-order valence-corrected chi connectivity index (χ3v) is 6.30. The van der Waals surface area contributed by atoms with Crippen molar-refractivity contribution in [3.63, 3.8) is 0 Å². The molecule has 29 heavy (non-hydrogen) atoms. The molecule has 2 aliphatic rings. The van der Waals surface area contributed by atoms with Crippen LogP contribution in [0.15, 0.2) is 42.5 Å². The molecule has 1 N–H and O–H groups in total. The molecule has 1 aliphatic carbocycles. The SMILES string of the molecule is O=C(CS(=O)(=O)OC1CCNCC1)c1ccc2c(c1)C(=O)c1ccccc1C2=O. The molecule has 0 saturated carbocycles. The van der Waals surface area contributed by atoms with Gasteiger partial charge in [-0.25, -0.2) is 0 Å². The Balaban J connectivity index is 1.56. The monoisotopic (exact) mass is 413 g/mol. The van der Waals surface area contributed by atoms with Gasteiger partial charge in [0.25, 0.3) is 10.1 Å². The summed E-state index contributed by atoms with van der Waals surface area (Å²) in [5, 5.41) is 3.11. The van der Waals surface area contributed by atoms with Crippen LogP contribution in [0.4, 0.5) is 0 Å². The van der Waals surface area contributed by atoms with E-state index in [9.17, 15) is 22.8 Å². The maximum atomic E-state index is 12.8. The second-order valence-electron chi connectivity index (χ2n) is 7.13. The van der Waals surface area contributed by atoms with Crippen LogP contribution in [0.1, 0.15) is 55.0 Å². The molecule has 150 valence electrons. The van der Waals surface area contributed by atoms with Crippen LogP contribution in [-0.2, 0) is 14.3 Å². The lowest BCUT2D eigenvalue weighted by atomic mass is 9.83. The Morgan fingerprint density at radius 3 is 2.17 bits per heavy atom. The van der Waals surface area contributed by atoms with Gasteiger partial charge in [-0.15, -0.1) is 0 Å². The van der Waals surface area contributed by atoms with Crippen LogP contribution < -0.4 is 5.32 Å². The maximum Gasteiger partial charge on any atom is 0.275 e. The average molecular weight is 413 g/mol. The van der Waals surface area contributed by atoms with E-state index < -0.39 is 27.8 Å². The van der Waals surface area contributed by atoms with Gasteiger partial charge >= 0.3 is 0 Å². The summed E-state index contributed by atoms with van der Waals surface area (Å²) in [5.41, 5.74) is 0.968. The van der Waals surface area contributed by atoms with E-state index in [0.29, 0.717) is 31.5 Å². The third kappa shape index (κ3) is 3.91. The number of piperidine rings is 1. The summed E-state index contributed by atoms with van der Waals surface area (Å²) < 4.78 is 29.7. The van der Waals surface area contributed by atoms with Gasteiger partial charge in [0.05, 0.1) is 6.10 Å². The summed E-state index contributed by atoms with van der Waals surface area (Å²) in [7, 11) is -4.05. The number of rotatable bonds is 5. The number of hydrogen-bond donors (Lipinski definition) is 1. The van der Waals surface area contributed by atoms with Crippen molar-refractivity contribution in [3.8, 4) is 0 Å². The highest BCUT2D eigenvalue weighted by Gasteiger charge is 2.31. The minimum Gasteiger partial charge on any atom is -0.317 e. The molecule has 1 fully saturated rings. The van der Waals surface area contributed by atoms with Crippen LogP contribution in [-0.4, -0.2) is 50.7 Å². The highest BCUT2D eigenvalue weighted by molar-refractivity contribution is 7.87. The molecule has 2 aromatic carbocycles. The van der Waals surface area contributed by atoms with Crippen LogP contribution in [0.2, 0.25) is 0 Å². The van der Waals surface area contributed by atoms with Gasteiger partial charge in [0.1, 0.15) is 5.75 Å². The Morgan fingerprint density at radius 2 is 1.52 bits per heavy atom. The molecule has 2 aromatic rings. The van der Waals surface area contributed by atoms with Gasteiger partial charge < -0.3 is 5.32 Å². The zero-order chi connectivity index (χ0) is 20.6. The van der Waals surface area contributed by atoms with Gasteiger partial charge in [0.15, 0.2) is 17.3 Å². The first-order chi connectivity index (χ1) is 13.9. The van der Waals surface area contributed by atoms with Crippen molar-refractivity contribution in [3.05, 3.63) is 70.3 Å². The lowest BCUT2D eigenvalue weighted by Crippen LogP contribution is -2.35. The first-order valence-corrected chi connectivity index (χ1v) is 10.9. The summed E-state index contributed by atoms with van der Waals surface area (Å²) in [6.45, 7) is 1.33. The van der Waals surface area contributed by atoms with Crippen LogP contribution in [0, 0.1) is 0 Å². The molecule has 1 saturated heterocycles. The molecule has 4 rings (SSSR count). The number of benzene rings is 2. The van der Waals surface area contributed by atoms with Crippen molar-refractivity contribution in [2.75, 3.05) is 18.8 Å². The molecule has 1 aliphatic heterocycles. The summed E-state index contributed by atoms with van der Waals surface area (Å²) in [6.07, 6.45) is 0.679. The Labute approximate surface area is 168 Å². The summed E-state index contributed by atoms with van der Waals surface area (Å²) in [6, 6.07) is 10.6. The van der Waals surface area contributed by atoms with E-state index in [2.05, 4.69) is 5.32 Å². The number of carbonyl (C=O) groups is 3. The number of hydrogen-bond acceptors (Lipinski definition) is 7. The van der Waals surface area contributed by atoms with E-state index in [1.54, 1.807) is 24.3 Å². The number of fused-ring (bicyclic) bond motifs is 2. The van der Waals surface area contributed by atoms with Gasteiger partial charge in [-0.05, 0) is 38.1 Å². The van der Waals surface area contributed by atoms with Crippen molar-refractivity contribution in [2.45, 2.75) is 18.9 Å². The summed E-state index contributed by atoms with van der Waals surface area (Å²) in [5.74, 6) is -2.15. The first-order valence-electron chi connectivity index (χ1n) is 9.33. The molecule has 7 nitrogen and oxygen atoms in total. The minimum atomic E-state index is -4.05. The van der Waals surface area contributed by atoms with E-state index >= 15 is 0 Å². The second kappa shape index (κ2) is 7.62. The Hall–Kier alpha value is -2.68. The predicted molar refractivity (Wildman–Crippen MR) is 105 cm³/mol. The average Bonchev–Trinajstić information content (AvgIpc) is 2.71. The highest BCUT2D eigenvalue weighted by atomic mass is 32.2. The number of carbonyl (C=O) groups excluding carboxylic acids is 3.